The highest BCUT2D eigenvalue weighted by Crippen LogP contribution is 2.31. The van der Waals surface area contributed by atoms with Gasteiger partial charge in [-0.3, -0.25) is 0 Å². The first-order chi connectivity index (χ1) is 15.7. The van der Waals surface area contributed by atoms with Crippen molar-refractivity contribution in [2.24, 2.45) is 5.10 Å². The number of hydrogen-bond acceptors (Lipinski definition) is 7. The number of hydrogen-bond donors (Lipinski definition) is 2. The van der Waals surface area contributed by atoms with Crippen LogP contribution in [-0.2, 0) is 6.18 Å². The number of nitrogens with one attached hydrogen (secondary N) is 2. The van der Waals surface area contributed by atoms with Gasteiger partial charge in [-0.15, -0.1) is 0 Å². The van der Waals surface area contributed by atoms with Crippen LogP contribution in [0.2, 0.25) is 5.02 Å². The van der Waals surface area contributed by atoms with Crippen molar-refractivity contribution < 1.29 is 13.2 Å². The van der Waals surface area contributed by atoms with Crippen LogP contribution in [0.5, 0.6) is 0 Å². The van der Waals surface area contributed by atoms with Crippen molar-refractivity contribution >= 4 is 41.3 Å². The molecule has 0 aliphatic rings. The summed E-state index contributed by atoms with van der Waals surface area (Å²) in [5.74, 6) is 0.706. The largest absolute Gasteiger partial charge is 0.417 e. The fourth-order valence-corrected chi connectivity index (χ4v) is 3.13. The van der Waals surface area contributed by atoms with E-state index in [1.165, 1.54) is 18.2 Å². The predicted octanol–water partition coefficient (Wildman–Crippen LogP) is 5.89. The number of nitrogens with zero attached hydrogens (tertiary/aromatic N) is 5. The second-order valence-electron chi connectivity index (χ2n) is 7.00. The zero-order valence-corrected chi connectivity index (χ0v) is 19.0. The third-order valence-corrected chi connectivity index (χ3v) is 5.14. The maximum Gasteiger partial charge on any atom is 0.417 e. The van der Waals surface area contributed by atoms with Crippen molar-refractivity contribution in [3.63, 3.8) is 0 Å². The van der Waals surface area contributed by atoms with Gasteiger partial charge in [-0.2, -0.15) is 33.2 Å². The van der Waals surface area contributed by atoms with E-state index in [0.29, 0.717) is 29.7 Å². The molecule has 0 unspecified atom stereocenters. The zero-order chi connectivity index (χ0) is 24.0. The van der Waals surface area contributed by atoms with Crippen molar-refractivity contribution in [1.82, 2.24) is 15.0 Å². The third kappa shape index (κ3) is 6.32. The van der Waals surface area contributed by atoms with E-state index in [1.54, 1.807) is 6.07 Å². The van der Waals surface area contributed by atoms with Gasteiger partial charge in [0.05, 0.1) is 11.8 Å². The molecule has 2 aromatic carbocycles. The van der Waals surface area contributed by atoms with Gasteiger partial charge in [0.25, 0.3) is 0 Å². The Bertz CT molecular complexity index is 1130. The first-order valence-electron chi connectivity index (χ1n) is 10.2. The Hall–Kier alpha value is -3.40. The molecule has 0 fully saturated rings. The summed E-state index contributed by atoms with van der Waals surface area (Å²) in [6.07, 6.45) is -3.41. The minimum Gasteiger partial charge on any atom is -0.341 e. The van der Waals surface area contributed by atoms with E-state index in [4.69, 9.17) is 11.6 Å². The highest BCUT2D eigenvalue weighted by atomic mass is 35.5. The van der Waals surface area contributed by atoms with Crippen molar-refractivity contribution in [3.8, 4) is 0 Å². The molecule has 1 aromatic heterocycles. The van der Waals surface area contributed by atoms with Crippen LogP contribution in [0, 0.1) is 6.92 Å². The van der Waals surface area contributed by atoms with Gasteiger partial charge in [0.1, 0.15) is 0 Å². The molecule has 2 N–H and O–H groups in total. The molecule has 0 saturated carbocycles. The smallest absolute Gasteiger partial charge is 0.341 e. The van der Waals surface area contributed by atoms with Crippen molar-refractivity contribution in [1.29, 1.82) is 0 Å². The van der Waals surface area contributed by atoms with E-state index in [2.05, 4.69) is 30.8 Å². The standard InChI is InChI=1S/C22H23ClF3N7/c1-4-33(5-2)21-30-19(28-16-11-10-14(3)18(23)12-16)29-20(31-21)32-27-13-15-8-6-7-9-17(15)22(24,25)26/h6-13H,4-5H2,1-3H3,(H2,28,29,30,31,32). The van der Waals surface area contributed by atoms with Gasteiger partial charge in [0, 0.05) is 29.4 Å². The maximum atomic E-state index is 13.2. The summed E-state index contributed by atoms with van der Waals surface area (Å²) in [6.45, 7) is 7.11. The number of aromatic nitrogens is 3. The Kier molecular flexibility index (Phi) is 7.70. The Morgan fingerprint density at radius 1 is 1.03 bits per heavy atom. The van der Waals surface area contributed by atoms with Crippen molar-refractivity contribution in [2.45, 2.75) is 26.9 Å². The van der Waals surface area contributed by atoms with Crippen molar-refractivity contribution in [3.05, 3.63) is 64.2 Å². The van der Waals surface area contributed by atoms with E-state index < -0.39 is 11.7 Å². The Morgan fingerprint density at radius 3 is 2.39 bits per heavy atom. The van der Waals surface area contributed by atoms with Gasteiger partial charge in [0.15, 0.2) is 0 Å². The van der Waals surface area contributed by atoms with Crippen LogP contribution in [0.4, 0.5) is 36.7 Å². The minimum absolute atomic E-state index is 0.0772. The monoisotopic (exact) mass is 477 g/mol. The summed E-state index contributed by atoms with van der Waals surface area (Å²) >= 11 is 6.20. The van der Waals surface area contributed by atoms with E-state index in [9.17, 15) is 13.2 Å². The average molecular weight is 478 g/mol. The Labute approximate surface area is 194 Å². The number of hydrazone groups is 1. The van der Waals surface area contributed by atoms with Gasteiger partial charge in [0.2, 0.25) is 17.8 Å². The zero-order valence-electron chi connectivity index (χ0n) is 18.3. The number of aryl methyl sites for hydroxylation is 1. The summed E-state index contributed by atoms with van der Waals surface area (Å²) in [7, 11) is 0. The summed E-state index contributed by atoms with van der Waals surface area (Å²) in [4.78, 5) is 15.0. The number of halogens is 4. The highest BCUT2D eigenvalue weighted by molar-refractivity contribution is 6.31. The highest BCUT2D eigenvalue weighted by Gasteiger charge is 2.32. The van der Waals surface area contributed by atoms with Crippen LogP contribution in [0.25, 0.3) is 0 Å². The molecule has 174 valence electrons. The number of alkyl halides is 3. The minimum atomic E-state index is -4.49. The van der Waals surface area contributed by atoms with Gasteiger partial charge < -0.3 is 10.2 Å². The molecule has 0 saturated heterocycles. The summed E-state index contributed by atoms with van der Waals surface area (Å²) in [5, 5.41) is 7.58. The SMILES string of the molecule is CCN(CC)c1nc(NN=Cc2ccccc2C(F)(F)F)nc(Nc2ccc(C)c(Cl)c2)n1. The van der Waals surface area contributed by atoms with Crippen LogP contribution >= 0.6 is 11.6 Å². The lowest BCUT2D eigenvalue weighted by atomic mass is 10.1. The quantitative estimate of drug-likeness (QED) is 0.311. The number of anilines is 4. The van der Waals surface area contributed by atoms with E-state index in [-0.39, 0.29) is 17.5 Å². The molecule has 0 atom stereocenters. The molecular formula is C22H23ClF3N7. The lowest BCUT2D eigenvalue weighted by Gasteiger charge is -2.19. The van der Waals surface area contributed by atoms with E-state index in [0.717, 1.165) is 17.8 Å². The van der Waals surface area contributed by atoms with Crippen LogP contribution < -0.4 is 15.6 Å². The molecular weight excluding hydrogens is 455 g/mol. The second-order valence-corrected chi connectivity index (χ2v) is 7.41. The lowest BCUT2D eigenvalue weighted by Crippen LogP contribution is -2.25. The Balaban J connectivity index is 1.89. The molecule has 0 spiro atoms. The summed E-state index contributed by atoms with van der Waals surface area (Å²) < 4.78 is 39.6. The lowest BCUT2D eigenvalue weighted by molar-refractivity contribution is -0.137. The molecule has 0 aliphatic carbocycles. The van der Waals surface area contributed by atoms with Gasteiger partial charge in [-0.1, -0.05) is 35.9 Å². The molecule has 7 nitrogen and oxygen atoms in total. The molecule has 33 heavy (non-hydrogen) atoms. The molecule has 3 rings (SSSR count). The molecule has 0 amide bonds. The second kappa shape index (κ2) is 10.5. The van der Waals surface area contributed by atoms with Gasteiger partial charge >= 0.3 is 6.18 Å². The molecule has 3 aromatic rings. The van der Waals surface area contributed by atoms with Crippen LogP contribution in [0.1, 0.15) is 30.5 Å². The van der Waals surface area contributed by atoms with Gasteiger partial charge in [-0.25, -0.2) is 5.43 Å². The fraction of sp³-hybridized carbons (Fsp3) is 0.273. The van der Waals surface area contributed by atoms with Crippen molar-refractivity contribution in [2.75, 3.05) is 28.7 Å². The molecule has 0 radical (unpaired) electrons. The average Bonchev–Trinajstić information content (AvgIpc) is 2.77. The molecule has 11 heteroatoms. The maximum absolute atomic E-state index is 13.2. The normalized spacial score (nSPS) is 11.6. The van der Waals surface area contributed by atoms with Crippen LogP contribution in [0.15, 0.2) is 47.6 Å². The van der Waals surface area contributed by atoms with E-state index in [1.807, 2.05) is 37.8 Å². The molecule has 0 bridgehead atoms. The molecule has 0 aliphatic heterocycles. The summed E-state index contributed by atoms with van der Waals surface area (Å²) in [5.41, 5.74) is 3.35. The van der Waals surface area contributed by atoms with Crippen LogP contribution in [-0.4, -0.2) is 34.3 Å². The third-order valence-electron chi connectivity index (χ3n) is 4.73. The molecule has 1 heterocycles. The Morgan fingerprint density at radius 2 is 1.73 bits per heavy atom. The summed E-state index contributed by atoms with van der Waals surface area (Å²) in [6, 6.07) is 10.6. The van der Waals surface area contributed by atoms with Crippen LogP contribution in [0.3, 0.4) is 0 Å². The predicted molar refractivity (Wildman–Crippen MR) is 126 cm³/mol. The number of rotatable bonds is 8. The first-order valence-corrected chi connectivity index (χ1v) is 10.6. The first kappa shape index (κ1) is 24.2. The van der Waals surface area contributed by atoms with Gasteiger partial charge in [-0.05, 0) is 44.5 Å². The number of benzene rings is 2. The fourth-order valence-electron chi connectivity index (χ4n) is 2.95. The van der Waals surface area contributed by atoms with E-state index >= 15 is 0 Å². The topological polar surface area (TPSA) is 78.3 Å².